The summed E-state index contributed by atoms with van der Waals surface area (Å²) in [5, 5.41) is 2.95. The van der Waals surface area contributed by atoms with Gasteiger partial charge in [-0.15, -0.1) is 0 Å². The average molecular weight is 263 g/mol. The molecule has 0 saturated heterocycles. The van der Waals surface area contributed by atoms with Crippen molar-refractivity contribution in [1.29, 1.82) is 0 Å². The van der Waals surface area contributed by atoms with Crippen LogP contribution in [0.15, 0.2) is 30.3 Å². The maximum Gasteiger partial charge on any atom is 0.234 e. The SMILES string of the molecule is CN(CCCN)CC(=O)NCCCc1ccccc1. The Labute approximate surface area is 116 Å². The molecule has 0 heterocycles. The predicted octanol–water partition coefficient (Wildman–Crippen LogP) is 1.02. The highest BCUT2D eigenvalue weighted by atomic mass is 16.2. The normalized spacial score (nSPS) is 10.7. The summed E-state index contributed by atoms with van der Waals surface area (Å²) in [6, 6.07) is 10.3. The van der Waals surface area contributed by atoms with Crippen LogP contribution in [0.25, 0.3) is 0 Å². The molecule has 1 aromatic carbocycles. The number of hydrogen-bond donors (Lipinski definition) is 2. The molecule has 0 spiro atoms. The Morgan fingerprint density at radius 1 is 1.26 bits per heavy atom. The first kappa shape index (κ1) is 15.7. The molecule has 0 fully saturated rings. The number of nitrogens with two attached hydrogens (primary N) is 1. The van der Waals surface area contributed by atoms with E-state index in [2.05, 4.69) is 17.4 Å². The fraction of sp³-hybridized carbons (Fsp3) is 0.533. The summed E-state index contributed by atoms with van der Waals surface area (Å²) in [6.07, 6.45) is 2.91. The second-order valence-electron chi connectivity index (χ2n) is 4.82. The molecule has 4 heteroatoms. The Kier molecular flexibility index (Phi) is 7.86. The second kappa shape index (κ2) is 9.53. The van der Waals surface area contributed by atoms with E-state index in [4.69, 9.17) is 5.73 Å². The number of nitrogens with one attached hydrogen (secondary N) is 1. The van der Waals surface area contributed by atoms with Gasteiger partial charge in [0.25, 0.3) is 0 Å². The molecule has 0 atom stereocenters. The molecular weight excluding hydrogens is 238 g/mol. The molecule has 0 bridgehead atoms. The summed E-state index contributed by atoms with van der Waals surface area (Å²) in [5.74, 6) is 0.0904. The van der Waals surface area contributed by atoms with E-state index in [0.717, 1.165) is 32.4 Å². The lowest BCUT2D eigenvalue weighted by atomic mass is 10.1. The lowest BCUT2D eigenvalue weighted by Gasteiger charge is -2.15. The van der Waals surface area contributed by atoms with Crippen LogP contribution < -0.4 is 11.1 Å². The van der Waals surface area contributed by atoms with Crippen LogP contribution in [-0.4, -0.2) is 44.0 Å². The van der Waals surface area contributed by atoms with Gasteiger partial charge in [-0.3, -0.25) is 9.69 Å². The predicted molar refractivity (Wildman–Crippen MR) is 78.9 cm³/mol. The van der Waals surface area contributed by atoms with Crippen molar-refractivity contribution in [1.82, 2.24) is 10.2 Å². The molecule has 4 nitrogen and oxygen atoms in total. The highest BCUT2D eigenvalue weighted by Crippen LogP contribution is 2.01. The van der Waals surface area contributed by atoms with Crippen molar-refractivity contribution in [2.24, 2.45) is 5.73 Å². The smallest absolute Gasteiger partial charge is 0.234 e. The van der Waals surface area contributed by atoms with Crippen LogP contribution >= 0.6 is 0 Å². The van der Waals surface area contributed by atoms with E-state index in [0.29, 0.717) is 13.1 Å². The van der Waals surface area contributed by atoms with Gasteiger partial charge in [0.2, 0.25) is 5.91 Å². The number of likely N-dealkylation sites (N-methyl/N-ethyl adjacent to an activating group) is 1. The van der Waals surface area contributed by atoms with E-state index in [1.807, 2.05) is 30.1 Å². The van der Waals surface area contributed by atoms with Gasteiger partial charge in [-0.2, -0.15) is 0 Å². The number of amides is 1. The average Bonchev–Trinajstić information content (AvgIpc) is 2.42. The lowest BCUT2D eigenvalue weighted by Crippen LogP contribution is -2.36. The number of rotatable bonds is 9. The Hall–Kier alpha value is -1.39. The number of hydrogen-bond acceptors (Lipinski definition) is 3. The van der Waals surface area contributed by atoms with Gasteiger partial charge >= 0.3 is 0 Å². The molecule has 0 radical (unpaired) electrons. The van der Waals surface area contributed by atoms with Gasteiger partial charge in [0.1, 0.15) is 0 Å². The molecule has 1 aromatic rings. The molecule has 0 aliphatic carbocycles. The van der Waals surface area contributed by atoms with Crippen LogP contribution in [0.3, 0.4) is 0 Å². The Morgan fingerprint density at radius 3 is 2.68 bits per heavy atom. The highest BCUT2D eigenvalue weighted by molar-refractivity contribution is 5.77. The van der Waals surface area contributed by atoms with Crippen LogP contribution in [0.2, 0.25) is 0 Å². The summed E-state index contributed by atoms with van der Waals surface area (Å²) in [4.78, 5) is 13.6. The zero-order valence-corrected chi connectivity index (χ0v) is 11.8. The van der Waals surface area contributed by atoms with Crippen molar-refractivity contribution in [3.63, 3.8) is 0 Å². The van der Waals surface area contributed by atoms with Crippen LogP contribution in [-0.2, 0) is 11.2 Å². The quantitative estimate of drug-likeness (QED) is 0.654. The monoisotopic (exact) mass is 263 g/mol. The van der Waals surface area contributed by atoms with Gasteiger partial charge in [0.05, 0.1) is 6.54 Å². The van der Waals surface area contributed by atoms with Crippen molar-refractivity contribution < 1.29 is 4.79 Å². The number of aryl methyl sites for hydroxylation is 1. The number of nitrogens with zero attached hydrogens (tertiary/aromatic N) is 1. The Morgan fingerprint density at radius 2 is 2.00 bits per heavy atom. The zero-order valence-electron chi connectivity index (χ0n) is 11.8. The van der Waals surface area contributed by atoms with Crippen molar-refractivity contribution >= 4 is 5.91 Å². The maximum atomic E-state index is 11.6. The highest BCUT2D eigenvalue weighted by Gasteiger charge is 2.04. The first-order chi connectivity index (χ1) is 9.22. The van der Waals surface area contributed by atoms with Crippen molar-refractivity contribution in [3.8, 4) is 0 Å². The van der Waals surface area contributed by atoms with E-state index in [1.54, 1.807) is 0 Å². The van der Waals surface area contributed by atoms with Crippen LogP contribution in [0.5, 0.6) is 0 Å². The maximum absolute atomic E-state index is 11.6. The minimum atomic E-state index is 0.0904. The molecular formula is C15H25N3O. The molecule has 3 N–H and O–H groups in total. The van der Waals surface area contributed by atoms with E-state index >= 15 is 0 Å². The molecule has 0 aliphatic rings. The van der Waals surface area contributed by atoms with Gasteiger partial charge in [0, 0.05) is 6.54 Å². The third-order valence-electron chi connectivity index (χ3n) is 2.96. The second-order valence-corrected chi connectivity index (χ2v) is 4.82. The van der Waals surface area contributed by atoms with Crippen molar-refractivity contribution in [2.75, 3.05) is 33.2 Å². The van der Waals surface area contributed by atoms with E-state index in [-0.39, 0.29) is 5.91 Å². The molecule has 0 saturated carbocycles. The number of benzene rings is 1. The van der Waals surface area contributed by atoms with Gasteiger partial charge in [0.15, 0.2) is 0 Å². The minimum Gasteiger partial charge on any atom is -0.355 e. The summed E-state index contributed by atoms with van der Waals surface area (Å²) in [7, 11) is 1.94. The van der Waals surface area contributed by atoms with Gasteiger partial charge in [-0.25, -0.2) is 0 Å². The summed E-state index contributed by atoms with van der Waals surface area (Å²) in [6.45, 7) is 2.72. The zero-order chi connectivity index (χ0) is 13.9. The largest absolute Gasteiger partial charge is 0.355 e. The van der Waals surface area contributed by atoms with Crippen LogP contribution in [0, 0.1) is 0 Å². The van der Waals surface area contributed by atoms with Crippen LogP contribution in [0.4, 0.5) is 0 Å². The van der Waals surface area contributed by atoms with Gasteiger partial charge < -0.3 is 11.1 Å². The number of carbonyl (C=O) groups excluding carboxylic acids is 1. The molecule has 0 unspecified atom stereocenters. The summed E-state index contributed by atoms with van der Waals surface area (Å²) >= 11 is 0. The standard InChI is InChI=1S/C15H25N3O/c1-18(12-6-10-16)13-15(19)17-11-5-9-14-7-3-2-4-8-14/h2-4,7-8H,5-6,9-13,16H2,1H3,(H,17,19). The summed E-state index contributed by atoms with van der Waals surface area (Å²) < 4.78 is 0. The minimum absolute atomic E-state index is 0.0904. The van der Waals surface area contributed by atoms with Gasteiger partial charge in [-0.1, -0.05) is 30.3 Å². The third kappa shape index (κ3) is 7.59. The molecule has 106 valence electrons. The molecule has 0 aliphatic heterocycles. The van der Waals surface area contributed by atoms with Crippen LogP contribution in [0.1, 0.15) is 18.4 Å². The molecule has 1 rings (SSSR count). The molecule has 19 heavy (non-hydrogen) atoms. The van der Waals surface area contributed by atoms with Crippen molar-refractivity contribution in [3.05, 3.63) is 35.9 Å². The van der Waals surface area contributed by atoms with E-state index < -0.39 is 0 Å². The number of carbonyl (C=O) groups is 1. The first-order valence-electron chi connectivity index (χ1n) is 6.91. The molecule has 0 aromatic heterocycles. The van der Waals surface area contributed by atoms with E-state index in [9.17, 15) is 4.79 Å². The Balaban J connectivity index is 2.07. The summed E-state index contributed by atoms with van der Waals surface area (Å²) in [5.41, 5.74) is 6.75. The fourth-order valence-corrected chi connectivity index (χ4v) is 1.91. The first-order valence-corrected chi connectivity index (χ1v) is 6.91. The van der Waals surface area contributed by atoms with Gasteiger partial charge in [-0.05, 0) is 45.0 Å². The lowest BCUT2D eigenvalue weighted by molar-refractivity contribution is -0.121. The van der Waals surface area contributed by atoms with Crippen molar-refractivity contribution in [2.45, 2.75) is 19.3 Å². The third-order valence-corrected chi connectivity index (χ3v) is 2.96. The van der Waals surface area contributed by atoms with E-state index in [1.165, 1.54) is 5.56 Å². The Bertz CT molecular complexity index is 354. The molecule has 1 amide bonds. The topological polar surface area (TPSA) is 58.4 Å². The fourth-order valence-electron chi connectivity index (χ4n) is 1.91.